The Morgan fingerprint density at radius 3 is 2.35 bits per heavy atom. The van der Waals surface area contributed by atoms with E-state index in [9.17, 15) is 0 Å². The number of halogens is 1. The summed E-state index contributed by atoms with van der Waals surface area (Å²) in [6, 6.07) is 7.69. The van der Waals surface area contributed by atoms with Crippen molar-refractivity contribution in [3.8, 4) is 5.75 Å². The molecular formula is C13H18BrNO2. The molecule has 0 heterocycles. The predicted octanol–water partition coefficient (Wildman–Crippen LogP) is 4.02. The molecule has 0 N–H and O–H groups in total. The second kappa shape index (κ2) is 6.05. The smallest absolute Gasteiger partial charge is 0.129 e. The molecule has 3 nitrogen and oxygen atoms in total. The third kappa shape index (κ3) is 6.31. The van der Waals surface area contributed by atoms with E-state index in [0.29, 0.717) is 6.61 Å². The highest BCUT2D eigenvalue weighted by molar-refractivity contribution is 9.10. The van der Waals surface area contributed by atoms with E-state index in [4.69, 9.17) is 9.57 Å². The molecule has 0 fully saturated rings. The molecule has 4 heteroatoms. The first-order chi connectivity index (χ1) is 7.87. The van der Waals surface area contributed by atoms with Gasteiger partial charge in [-0.05, 0) is 52.0 Å². The minimum absolute atomic E-state index is 0.265. The van der Waals surface area contributed by atoms with Gasteiger partial charge in [-0.3, -0.25) is 0 Å². The summed E-state index contributed by atoms with van der Waals surface area (Å²) in [5, 5.41) is 4.01. The zero-order valence-electron chi connectivity index (χ0n) is 10.7. The molecule has 0 saturated heterocycles. The second-order valence-corrected chi connectivity index (χ2v) is 5.69. The number of nitrogens with zero attached hydrogens (tertiary/aromatic N) is 1. The van der Waals surface area contributed by atoms with Crippen LogP contribution in [0.5, 0.6) is 5.75 Å². The van der Waals surface area contributed by atoms with Gasteiger partial charge in [-0.15, -0.1) is 0 Å². The van der Waals surface area contributed by atoms with Crippen LogP contribution < -0.4 is 4.74 Å². The summed E-state index contributed by atoms with van der Waals surface area (Å²) in [5.74, 6) is 0.818. The Morgan fingerprint density at radius 2 is 1.82 bits per heavy atom. The Kier molecular flexibility index (Phi) is 5.00. The number of hydrogen-bond acceptors (Lipinski definition) is 3. The van der Waals surface area contributed by atoms with Crippen molar-refractivity contribution >= 4 is 21.6 Å². The zero-order valence-corrected chi connectivity index (χ0v) is 12.2. The first-order valence-electron chi connectivity index (χ1n) is 5.47. The summed E-state index contributed by atoms with van der Waals surface area (Å²) in [5.41, 5.74) is 0.543. The lowest BCUT2D eigenvalue weighted by molar-refractivity contribution is 0.0000995. The second-order valence-electron chi connectivity index (χ2n) is 4.77. The number of oxime groups is 1. The Labute approximate surface area is 111 Å². The van der Waals surface area contributed by atoms with Gasteiger partial charge < -0.3 is 9.57 Å². The van der Waals surface area contributed by atoms with Crippen LogP contribution in [-0.2, 0) is 4.84 Å². The SMILES string of the molecule is CC(COc1ccc(Br)cc1)=NOC(C)(C)C. The average molecular weight is 300 g/mol. The molecule has 1 aromatic rings. The van der Waals surface area contributed by atoms with E-state index in [0.717, 1.165) is 15.9 Å². The molecule has 0 aliphatic rings. The number of ether oxygens (including phenoxy) is 1. The fraction of sp³-hybridized carbons (Fsp3) is 0.462. The molecule has 94 valence electrons. The molecule has 0 unspecified atom stereocenters. The first kappa shape index (κ1) is 14.0. The fourth-order valence-electron chi connectivity index (χ4n) is 0.960. The van der Waals surface area contributed by atoms with Crippen molar-refractivity contribution in [3.05, 3.63) is 28.7 Å². The van der Waals surface area contributed by atoms with Crippen molar-refractivity contribution in [2.75, 3.05) is 6.61 Å². The molecule has 1 aromatic carbocycles. The van der Waals surface area contributed by atoms with Gasteiger partial charge in [0.2, 0.25) is 0 Å². The maximum Gasteiger partial charge on any atom is 0.129 e. The Balaban J connectivity index is 2.42. The van der Waals surface area contributed by atoms with Gasteiger partial charge in [0.05, 0.1) is 5.71 Å². The molecule has 1 rings (SSSR count). The van der Waals surface area contributed by atoms with E-state index < -0.39 is 0 Å². The molecule has 0 bridgehead atoms. The van der Waals surface area contributed by atoms with Crippen molar-refractivity contribution < 1.29 is 9.57 Å². The van der Waals surface area contributed by atoms with Gasteiger partial charge >= 0.3 is 0 Å². The zero-order chi connectivity index (χ0) is 12.9. The van der Waals surface area contributed by atoms with Crippen molar-refractivity contribution in [1.29, 1.82) is 0 Å². The number of rotatable bonds is 4. The molecule has 0 saturated carbocycles. The van der Waals surface area contributed by atoms with Crippen molar-refractivity contribution in [1.82, 2.24) is 0 Å². The molecule has 0 spiro atoms. The maximum atomic E-state index is 5.56. The topological polar surface area (TPSA) is 30.8 Å². The van der Waals surface area contributed by atoms with Crippen LogP contribution in [0.4, 0.5) is 0 Å². The van der Waals surface area contributed by atoms with Crippen molar-refractivity contribution in [2.24, 2.45) is 5.16 Å². The number of hydrogen-bond donors (Lipinski definition) is 0. The highest BCUT2D eigenvalue weighted by atomic mass is 79.9. The largest absolute Gasteiger partial charge is 0.488 e. The summed E-state index contributed by atoms with van der Waals surface area (Å²) >= 11 is 3.37. The summed E-state index contributed by atoms with van der Waals surface area (Å²) in [7, 11) is 0. The van der Waals surface area contributed by atoms with E-state index in [1.165, 1.54) is 0 Å². The van der Waals surface area contributed by atoms with Crippen LogP contribution >= 0.6 is 15.9 Å². The molecule has 0 amide bonds. The molecule has 0 atom stereocenters. The standard InChI is InChI=1S/C13H18BrNO2/c1-10(15-17-13(2,3)4)9-16-12-7-5-11(14)6-8-12/h5-8H,9H2,1-4H3. The van der Waals surface area contributed by atoms with Gasteiger partial charge in [-0.25, -0.2) is 0 Å². The third-order valence-electron chi connectivity index (χ3n) is 1.74. The summed E-state index contributed by atoms with van der Waals surface area (Å²) in [4.78, 5) is 5.30. The minimum atomic E-state index is -0.265. The lowest BCUT2D eigenvalue weighted by Crippen LogP contribution is -2.18. The monoisotopic (exact) mass is 299 g/mol. The van der Waals surface area contributed by atoms with E-state index in [-0.39, 0.29) is 5.60 Å². The summed E-state index contributed by atoms with van der Waals surface area (Å²) < 4.78 is 6.59. The van der Waals surface area contributed by atoms with Crippen LogP contribution in [0.25, 0.3) is 0 Å². The highest BCUT2D eigenvalue weighted by Crippen LogP contribution is 2.16. The number of benzene rings is 1. The van der Waals surface area contributed by atoms with Crippen LogP contribution in [0.1, 0.15) is 27.7 Å². The third-order valence-corrected chi connectivity index (χ3v) is 2.27. The average Bonchev–Trinajstić information content (AvgIpc) is 2.25. The summed E-state index contributed by atoms with van der Waals surface area (Å²) in [6.45, 7) is 8.18. The van der Waals surface area contributed by atoms with Gasteiger partial charge in [0.1, 0.15) is 18.0 Å². The van der Waals surface area contributed by atoms with Gasteiger partial charge in [0.25, 0.3) is 0 Å². The van der Waals surface area contributed by atoms with E-state index in [1.807, 2.05) is 52.0 Å². The normalized spacial score (nSPS) is 12.4. The minimum Gasteiger partial charge on any atom is -0.488 e. The van der Waals surface area contributed by atoms with E-state index in [2.05, 4.69) is 21.1 Å². The van der Waals surface area contributed by atoms with Crippen molar-refractivity contribution in [2.45, 2.75) is 33.3 Å². The summed E-state index contributed by atoms with van der Waals surface area (Å²) in [6.07, 6.45) is 0. The lowest BCUT2D eigenvalue weighted by atomic mass is 10.2. The first-order valence-corrected chi connectivity index (χ1v) is 6.26. The molecule has 0 aliphatic carbocycles. The van der Waals surface area contributed by atoms with Gasteiger partial charge in [-0.2, -0.15) is 0 Å². The molecule has 0 radical (unpaired) electrons. The quantitative estimate of drug-likeness (QED) is 0.621. The molecule has 0 aromatic heterocycles. The van der Waals surface area contributed by atoms with Crippen LogP contribution in [0.3, 0.4) is 0 Å². The predicted molar refractivity (Wildman–Crippen MR) is 73.6 cm³/mol. The van der Waals surface area contributed by atoms with Crippen LogP contribution in [-0.4, -0.2) is 17.9 Å². The van der Waals surface area contributed by atoms with Gasteiger partial charge in [0, 0.05) is 4.47 Å². The Bertz CT molecular complexity index is 379. The molecular weight excluding hydrogens is 282 g/mol. The lowest BCUT2D eigenvalue weighted by Gasteiger charge is -2.16. The van der Waals surface area contributed by atoms with Crippen LogP contribution in [0, 0.1) is 0 Å². The molecule has 0 aliphatic heterocycles. The van der Waals surface area contributed by atoms with Crippen molar-refractivity contribution in [3.63, 3.8) is 0 Å². The fourth-order valence-corrected chi connectivity index (χ4v) is 1.22. The van der Waals surface area contributed by atoms with Gasteiger partial charge in [-0.1, -0.05) is 21.1 Å². The maximum absolute atomic E-state index is 5.56. The van der Waals surface area contributed by atoms with E-state index >= 15 is 0 Å². The Hall–Kier alpha value is -1.03. The van der Waals surface area contributed by atoms with Crippen LogP contribution in [0.15, 0.2) is 33.9 Å². The van der Waals surface area contributed by atoms with Crippen LogP contribution in [0.2, 0.25) is 0 Å². The van der Waals surface area contributed by atoms with Gasteiger partial charge in [0.15, 0.2) is 0 Å². The van der Waals surface area contributed by atoms with E-state index in [1.54, 1.807) is 0 Å². The molecule has 17 heavy (non-hydrogen) atoms. The highest BCUT2D eigenvalue weighted by Gasteiger charge is 2.10. The Morgan fingerprint density at radius 1 is 1.24 bits per heavy atom.